The number of aryl methyl sites for hydroxylation is 1. The summed E-state index contributed by atoms with van der Waals surface area (Å²) < 4.78 is 2.40. The molecule has 0 radical (unpaired) electrons. The van der Waals surface area contributed by atoms with E-state index in [-0.39, 0.29) is 11.2 Å². The first-order chi connectivity index (χ1) is 17.4. The largest absolute Gasteiger partial charge is 0.428 e. The van der Waals surface area contributed by atoms with Gasteiger partial charge in [-0.15, -0.1) is 0 Å². The van der Waals surface area contributed by atoms with E-state index in [1.54, 1.807) is 48.5 Å². The summed E-state index contributed by atoms with van der Waals surface area (Å²) in [5, 5.41) is 15.2. The number of aromatic nitrogens is 3. The van der Waals surface area contributed by atoms with Crippen LogP contribution in [0.1, 0.15) is 17.3 Å². The van der Waals surface area contributed by atoms with Crippen LogP contribution >= 0.6 is 0 Å². The lowest BCUT2D eigenvalue weighted by molar-refractivity contribution is 0.100. The van der Waals surface area contributed by atoms with Crippen LogP contribution < -0.4 is 16.7 Å². The van der Waals surface area contributed by atoms with E-state index < -0.39 is 5.91 Å². The quantitative estimate of drug-likeness (QED) is 0.371. The molecule has 2 heterocycles. The van der Waals surface area contributed by atoms with Crippen molar-refractivity contribution in [1.29, 1.82) is 0 Å². The SMILES string of the molecule is CCn1nc(-c2cccc(-c3cccc(C(N)=O)c3)c2)cc(N=c2cccc3n(O)cccc2-3)c1=O. The van der Waals surface area contributed by atoms with Crippen LogP contribution in [0.4, 0.5) is 5.69 Å². The van der Waals surface area contributed by atoms with Gasteiger partial charge in [0.15, 0.2) is 0 Å². The van der Waals surface area contributed by atoms with Gasteiger partial charge in [-0.2, -0.15) is 9.83 Å². The normalized spacial score (nSPS) is 11.6. The number of hydrogen-bond donors (Lipinski definition) is 2. The maximum atomic E-state index is 13.1. The zero-order chi connectivity index (χ0) is 25.2. The minimum absolute atomic E-state index is 0.240. The molecule has 0 saturated heterocycles. The van der Waals surface area contributed by atoms with E-state index in [2.05, 4.69) is 10.1 Å². The molecule has 2 aliphatic rings. The van der Waals surface area contributed by atoms with Crippen LogP contribution in [0.3, 0.4) is 0 Å². The molecule has 1 amide bonds. The highest BCUT2D eigenvalue weighted by Gasteiger charge is 2.12. The molecule has 0 fully saturated rings. The molecule has 8 nitrogen and oxygen atoms in total. The predicted molar refractivity (Wildman–Crippen MR) is 137 cm³/mol. The summed E-state index contributed by atoms with van der Waals surface area (Å²) in [5.41, 5.74) is 10.2. The Labute approximate surface area is 206 Å². The maximum Gasteiger partial charge on any atom is 0.292 e. The van der Waals surface area contributed by atoms with E-state index in [0.717, 1.165) is 21.4 Å². The van der Waals surface area contributed by atoms with Gasteiger partial charge in [-0.25, -0.2) is 9.67 Å². The number of benzene rings is 3. The zero-order valence-corrected chi connectivity index (χ0v) is 19.5. The Kier molecular flexibility index (Phi) is 5.92. The van der Waals surface area contributed by atoms with Gasteiger partial charge in [-0.1, -0.05) is 36.4 Å². The van der Waals surface area contributed by atoms with Crippen LogP contribution in [-0.4, -0.2) is 25.6 Å². The van der Waals surface area contributed by atoms with Gasteiger partial charge in [0.2, 0.25) is 5.91 Å². The number of fused-ring (bicyclic) bond motifs is 1. The van der Waals surface area contributed by atoms with Crippen LogP contribution in [-0.2, 0) is 6.54 Å². The first kappa shape index (κ1) is 22.8. The number of primary amides is 1. The number of hydrogen-bond acceptors (Lipinski definition) is 5. The number of carbonyl (C=O) groups is 1. The van der Waals surface area contributed by atoms with Crippen molar-refractivity contribution in [2.24, 2.45) is 10.7 Å². The van der Waals surface area contributed by atoms with Gasteiger partial charge in [-0.3, -0.25) is 9.59 Å². The number of carbonyl (C=O) groups excluding carboxylic acids is 1. The summed E-state index contributed by atoms with van der Waals surface area (Å²) >= 11 is 0. The van der Waals surface area contributed by atoms with Gasteiger partial charge in [-0.05, 0) is 66.6 Å². The standard InChI is InChI=1S/C28H23N5O3/c1-2-32-28(35)25(30-23-12-5-13-26-22(23)11-6-14-33(26)36)17-24(31-32)20-9-3-7-18(15-20)19-8-4-10-21(16-19)27(29)34/h3-17,36H,2H2,1H3,(H2,29,34). The third-order valence-corrected chi connectivity index (χ3v) is 5.93. The number of rotatable bonds is 5. The molecule has 178 valence electrons. The van der Waals surface area contributed by atoms with Gasteiger partial charge in [0.05, 0.1) is 16.7 Å². The topological polar surface area (TPSA) is 116 Å². The second-order valence-electron chi connectivity index (χ2n) is 8.24. The van der Waals surface area contributed by atoms with Crippen molar-refractivity contribution in [3.05, 3.63) is 112 Å². The first-order valence-electron chi connectivity index (χ1n) is 11.4. The van der Waals surface area contributed by atoms with E-state index in [1.807, 2.05) is 43.3 Å². The average Bonchev–Trinajstić information content (AvgIpc) is 2.90. The molecule has 5 rings (SSSR count). The van der Waals surface area contributed by atoms with Crippen LogP contribution in [0.25, 0.3) is 33.6 Å². The monoisotopic (exact) mass is 477 g/mol. The van der Waals surface area contributed by atoms with Gasteiger partial charge in [0, 0.05) is 29.4 Å². The second-order valence-corrected chi connectivity index (χ2v) is 8.24. The van der Waals surface area contributed by atoms with Crippen molar-refractivity contribution in [3.8, 4) is 33.6 Å². The van der Waals surface area contributed by atoms with E-state index in [4.69, 9.17) is 5.73 Å². The fourth-order valence-electron chi connectivity index (χ4n) is 4.11. The highest BCUT2D eigenvalue weighted by molar-refractivity contribution is 5.94. The summed E-state index contributed by atoms with van der Waals surface area (Å²) in [6.07, 6.45) is 1.53. The fraction of sp³-hybridized carbons (Fsp3) is 0.0714. The van der Waals surface area contributed by atoms with Gasteiger partial charge < -0.3 is 10.9 Å². The Morgan fingerprint density at radius 2 is 1.67 bits per heavy atom. The number of nitrogens with zero attached hydrogens (tertiary/aromatic N) is 4. The molecule has 36 heavy (non-hydrogen) atoms. The lowest BCUT2D eigenvalue weighted by Crippen LogP contribution is -2.23. The van der Waals surface area contributed by atoms with E-state index in [0.29, 0.717) is 34.4 Å². The number of nitrogens with two attached hydrogens (primary N) is 1. The Morgan fingerprint density at radius 3 is 2.44 bits per heavy atom. The van der Waals surface area contributed by atoms with Crippen molar-refractivity contribution in [2.75, 3.05) is 0 Å². The van der Waals surface area contributed by atoms with Crippen LogP contribution in [0.15, 0.2) is 101 Å². The van der Waals surface area contributed by atoms with Gasteiger partial charge >= 0.3 is 0 Å². The number of amides is 1. The van der Waals surface area contributed by atoms with Crippen molar-refractivity contribution in [2.45, 2.75) is 13.5 Å². The third-order valence-electron chi connectivity index (χ3n) is 5.93. The molecule has 2 aromatic carbocycles. The molecule has 0 saturated carbocycles. The highest BCUT2D eigenvalue weighted by Crippen LogP contribution is 2.27. The van der Waals surface area contributed by atoms with Crippen LogP contribution in [0.5, 0.6) is 0 Å². The summed E-state index contributed by atoms with van der Waals surface area (Å²) in [5.74, 6) is -0.490. The van der Waals surface area contributed by atoms with Crippen molar-refractivity contribution in [3.63, 3.8) is 0 Å². The molecule has 1 aromatic heterocycles. The van der Waals surface area contributed by atoms with Crippen molar-refractivity contribution < 1.29 is 10.0 Å². The lowest BCUT2D eigenvalue weighted by Gasteiger charge is -2.11. The maximum absolute atomic E-state index is 13.1. The molecule has 0 atom stereocenters. The molecular formula is C28H23N5O3. The molecule has 8 heteroatoms. The average molecular weight is 478 g/mol. The van der Waals surface area contributed by atoms with Crippen molar-refractivity contribution in [1.82, 2.24) is 14.5 Å². The highest BCUT2D eigenvalue weighted by atomic mass is 16.5. The van der Waals surface area contributed by atoms with Crippen LogP contribution in [0, 0.1) is 0 Å². The Morgan fingerprint density at radius 1 is 0.944 bits per heavy atom. The number of pyridine rings is 1. The third kappa shape index (κ3) is 4.27. The van der Waals surface area contributed by atoms with Crippen molar-refractivity contribution >= 4 is 11.6 Å². The summed E-state index contributed by atoms with van der Waals surface area (Å²) in [6, 6.07) is 25.4. The fourth-order valence-corrected chi connectivity index (χ4v) is 4.11. The Hall–Kier alpha value is -4.98. The summed E-state index contributed by atoms with van der Waals surface area (Å²) in [6.45, 7) is 2.22. The Balaban J connectivity index is 1.65. The molecule has 3 aromatic rings. The minimum atomic E-state index is -0.490. The zero-order valence-electron chi connectivity index (χ0n) is 19.5. The van der Waals surface area contributed by atoms with Crippen LogP contribution in [0.2, 0.25) is 0 Å². The molecule has 1 aliphatic carbocycles. The van der Waals surface area contributed by atoms with Gasteiger partial charge in [0.25, 0.3) is 5.56 Å². The Bertz CT molecular complexity index is 1700. The van der Waals surface area contributed by atoms with E-state index in [1.165, 1.54) is 10.9 Å². The van der Waals surface area contributed by atoms with E-state index in [9.17, 15) is 14.8 Å². The predicted octanol–water partition coefficient (Wildman–Crippen LogP) is 4.07. The summed E-state index contributed by atoms with van der Waals surface area (Å²) in [7, 11) is 0. The molecule has 3 N–H and O–H groups in total. The summed E-state index contributed by atoms with van der Waals surface area (Å²) in [4.78, 5) is 29.4. The lowest BCUT2D eigenvalue weighted by atomic mass is 9.99. The molecular weight excluding hydrogens is 454 g/mol. The molecule has 0 unspecified atom stereocenters. The van der Waals surface area contributed by atoms with Gasteiger partial charge in [0.1, 0.15) is 5.69 Å². The molecule has 0 spiro atoms. The smallest absolute Gasteiger partial charge is 0.292 e. The molecule has 0 bridgehead atoms. The molecule has 1 aliphatic heterocycles. The van der Waals surface area contributed by atoms with E-state index >= 15 is 0 Å². The minimum Gasteiger partial charge on any atom is -0.428 e. The second kappa shape index (κ2) is 9.34. The first-order valence-corrected chi connectivity index (χ1v) is 11.4.